The van der Waals surface area contributed by atoms with Gasteiger partial charge >= 0.3 is 5.97 Å². The summed E-state index contributed by atoms with van der Waals surface area (Å²) in [4.78, 5) is 11.2. The maximum atomic E-state index is 11.2. The number of fused-ring (bicyclic) bond motifs is 1. The van der Waals surface area contributed by atoms with Gasteiger partial charge in [0.15, 0.2) is 0 Å². The van der Waals surface area contributed by atoms with Gasteiger partial charge in [0.05, 0.1) is 12.0 Å². The third kappa shape index (κ3) is 3.80. The zero-order valence-corrected chi connectivity index (χ0v) is 13.5. The van der Waals surface area contributed by atoms with Gasteiger partial charge in [0, 0.05) is 11.1 Å². The minimum Gasteiger partial charge on any atom is -0.493 e. The second kappa shape index (κ2) is 6.40. The second-order valence-corrected chi connectivity index (χ2v) is 6.37. The molecule has 2 aromatic rings. The van der Waals surface area contributed by atoms with Crippen LogP contribution in [0.15, 0.2) is 22.6 Å². The van der Waals surface area contributed by atoms with Crippen LogP contribution in [0, 0.1) is 6.92 Å². The van der Waals surface area contributed by atoms with E-state index in [1.807, 2.05) is 6.07 Å². The number of aromatic carboxylic acids is 1. The maximum absolute atomic E-state index is 11.2. The first-order chi connectivity index (χ1) is 10.3. The highest BCUT2D eigenvalue weighted by Gasteiger charge is 2.19. The molecule has 0 bridgehead atoms. The summed E-state index contributed by atoms with van der Waals surface area (Å²) in [5, 5.41) is 13.3. The van der Waals surface area contributed by atoms with E-state index in [4.69, 9.17) is 14.3 Å². The zero-order chi connectivity index (χ0) is 16.3. The fourth-order valence-electron chi connectivity index (χ4n) is 2.31. The van der Waals surface area contributed by atoms with Crippen molar-refractivity contribution in [1.82, 2.24) is 5.32 Å². The molecule has 0 aliphatic rings. The molecule has 0 aliphatic heterocycles. The Labute approximate surface area is 130 Å². The van der Waals surface area contributed by atoms with Crippen LogP contribution in [0.2, 0.25) is 0 Å². The molecule has 2 rings (SSSR count). The molecule has 0 radical (unpaired) electrons. The molecule has 0 aliphatic carbocycles. The molecule has 1 heterocycles. The number of hydrogen-bond donors (Lipinski definition) is 2. The van der Waals surface area contributed by atoms with Crippen molar-refractivity contribution in [3.05, 3.63) is 29.5 Å². The maximum Gasteiger partial charge on any atom is 0.372 e. The summed E-state index contributed by atoms with van der Waals surface area (Å²) in [6, 6.07) is 5.40. The standard InChI is InChI=1S/C17H23NO4/c1-11-14-12(21-10-6-9-18-17(2,3)4)7-5-8-13(14)22-15(11)16(19)20/h5,7-8,18H,6,9-10H2,1-4H3,(H,19,20). The first-order valence-corrected chi connectivity index (χ1v) is 7.43. The molecule has 0 saturated carbocycles. The van der Waals surface area contributed by atoms with Gasteiger partial charge in [0.25, 0.3) is 0 Å². The number of hydrogen-bond acceptors (Lipinski definition) is 4. The molecule has 1 aromatic heterocycles. The average molecular weight is 305 g/mol. The number of carboxylic acid groups (broad SMARTS) is 1. The number of aryl methyl sites for hydroxylation is 1. The topological polar surface area (TPSA) is 71.7 Å². The zero-order valence-electron chi connectivity index (χ0n) is 13.5. The molecule has 0 fully saturated rings. The Bertz CT molecular complexity index is 667. The van der Waals surface area contributed by atoms with Crippen molar-refractivity contribution in [1.29, 1.82) is 0 Å². The Kier molecular flexibility index (Phi) is 4.76. The van der Waals surface area contributed by atoms with Crippen LogP contribution in [0.25, 0.3) is 11.0 Å². The lowest BCUT2D eigenvalue weighted by molar-refractivity contribution is 0.0664. The first-order valence-electron chi connectivity index (χ1n) is 7.43. The number of carboxylic acids is 1. The van der Waals surface area contributed by atoms with Crippen LogP contribution >= 0.6 is 0 Å². The molecule has 0 spiro atoms. The number of carbonyl (C=O) groups is 1. The first kappa shape index (κ1) is 16.4. The molecule has 0 amide bonds. The van der Waals surface area contributed by atoms with Gasteiger partial charge in [-0.05, 0) is 52.8 Å². The lowest BCUT2D eigenvalue weighted by Gasteiger charge is -2.20. The smallest absolute Gasteiger partial charge is 0.372 e. The monoisotopic (exact) mass is 305 g/mol. The molecule has 0 saturated heterocycles. The van der Waals surface area contributed by atoms with E-state index in [-0.39, 0.29) is 11.3 Å². The van der Waals surface area contributed by atoms with Gasteiger partial charge < -0.3 is 19.6 Å². The minimum absolute atomic E-state index is 0.0274. The quantitative estimate of drug-likeness (QED) is 0.798. The van der Waals surface area contributed by atoms with E-state index in [9.17, 15) is 4.79 Å². The molecular weight excluding hydrogens is 282 g/mol. The number of rotatable bonds is 6. The van der Waals surface area contributed by atoms with Gasteiger partial charge in [0.2, 0.25) is 5.76 Å². The van der Waals surface area contributed by atoms with Crippen molar-refractivity contribution in [2.45, 2.75) is 39.7 Å². The fraction of sp³-hybridized carbons (Fsp3) is 0.471. The molecule has 5 nitrogen and oxygen atoms in total. The molecule has 5 heteroatoms. The van der Waals surface area contributed by atoms with Gasteiger partial charge in [-0.3, -0.25) is 0 Å². The lowest BCUT2D eigenvalue weighted by atomic mass is 10.1. The third-order valence-electron chi connectivity index (χ3n) is 3.34. The normalized spacial score (nSPS) is 11.8. The van der Waals surface area contributed by atoms with Crippen LogP contribution in [0.3, 0.4) is 0 Å². The molecule has 0 atom stereocenters. The van der Waals surface area contributed by atoms with Crippen molar-refractivity contribution < 1.29 is 19.1 Å². The number of furan rings is 1. The van der Waals surface area contributed by atoms with E-state index in [0.29, 0.717) is 23.5 Å². The minimum atomic E-state index is -1.06. The molecule has 120 valence electrons. The Morgan fingerprint density at radius 3 is 2.73 bits per heavy atom. The van der Waals surface area contributed by atoms with Gasteiger partial charge in [-0.1, -0.05) is 6.07 Å². The summed E-state index contributed by atoms with van der Waals surface area (Å²) < 4.78 is 11.2. The van der Waals surface area contributed by atoms with Crippen molar-refractivity contribution in [3.63, 3.8) is 0 Å². The van der Waals surface area contributed by atoms with Crippen LogP contribution in [0.5, 0.6) is 5.75 Å². The molecule has 1 aromatic carbocycles. The SMILES string of the molecule is Cc1c(C(=O)O)oc2cccc(OCCCNC(C)(C)C)c12. The van der Waals surface area contributed by atoms with Crippen molar-refractivity contribution in [3.8, 4) is 5.75 Å². The summed E-state index contributed by atoms with van der Waals surface area (Å²) in [7, 11) is 0. The van der Waals surface area contributed by atoms with E-state index in [1.165, 1.54) is 0 Å². The van der Waals surface area contributed by atoms with E-state index in [1.54, 1.807) is 19.1 Å². The number of benzene rings is 1. The van der Waals surface area contributed by atoms with Gasteiger partial charge in [-0.2, -0.15) is 0 Å². The van der Waals surface area contributed by atoms with Crippen LogP contribution in [-0.2, 0) is 0 Å². The van der Waals surface area contributed by atoms with Crippen LogP contribution in [0.4, 0.5) is 0 Å². The third-order valence-corrected chi connectivity index (χ3v) is 3.34. The summed E-state index contributed by atoms with van der Waals surface area (Å²) in [6.07, 6.45) is 0.871. The van der Waals surface area contributed by atoms with E-state index in [0.717, 1.165) is 18.4 Å². The second-order valence-electron chi connectivity index (χ2n) is 6.37. The fourth-order valence-corrected chi connectivity index (χ4v) is 2.31. The highest BCUT2D eigenvalue weighted by molar-refractivity contribution is 5.97. The van der Waals surface area contributed by atoms with Crippen molar-refractivity contribution in [2.24, 2.45) is 0 Å². The van der Waals surface area contributed by atoms with Gasteiger partial charge in [-0.15, -0.1) is 0 Å². The summed E-state index contributed by atoms with van der Waals surface area (Å²) in [6.45, 7) is 9.54. The van der Waals surface area contributed by atoms with E-state index in [2.05, 4.69) is 26.1 Å². The molecule has 22 heavy (non-hydrogen) atoms. The summed E-state index contributed by atoms with van der Waals surface area (Å²) in [5.74, 6) is -0.420. The molecular formula is C17H23NO4. The number of ether oxygens (including phenoxy) is 1. The molecule has 0 unspecified atom stereocenters. The lowest BCUT2D eigenvalue weighted by Crippen LogP contribution is -2.36. The predicted molar refractivity (Wildman–Crippen MR) is 85.8 cm³/mol. The Morgan fingerprint density at radius 1 is 1.36 bits per heavy atom. The average Bonchev–Trinajstić information content (AvgIpc) is 2.75. The Hall–Kier alpha value is -2.01. The summed E-state index contributed by atoms with van der Waals surface area (Å²) >= 11 is 0. The molecule has 2 N–H and O–H groups in total. The van der Waals surface area contributed by atoms with Crippen molar-refractivity contribution >= 4 is 16.9 Å². The van der Waals surface area contributed by atoms with Crippen molar-refractivity contribution in [2.75, 3.05) is 13.2 Å². The highest BCUT2D eigenvalue weighted by Crippen LogP contribution is 2.33. The predicted octanol–water partition coefficient (Wildman–Crippen LogP) is 3.60. The van der Waals surface area contributed by atoms with Gasteiger partial charge in [-0.25, -0.2) is 4.79 Å². The van der Waals surface area contributed by atoms with E-state index < -0.39 is 5.97 Å². The Morgan fingerprint density at radius 2 is 2.09 bits per heavy atom. The van der Waals surface area contributed by atoms with E-state index >= 15 is 0 Å². The van der Waals surface area contributed by atoms with Gasteiger partial charge in [0.1, 0.15) is 11.3 Å². The highest BCUT2D eigenvalue weighted by atomic mass is 16.5. The number of nitrogens with one attached hydrogen (secondary N) is 1. The summed E-state index contributed by atoms with van der Waals surface area (Å²) in [5.41, 5.74) is 1.24. The van der Waals surface area contributed by atoms with Crippen LogP contribution in [-0.4, -0.2) is 29.8 Å². The van der Waals surface area contributed by atoms with Crippen LogP contribution < -0.4 is 10.1 Å². The Balaban J connectivity index is 2.07. The largest absolute Gasteiger partial charge is 0.493 e. The van der Waals surface area contributed by atoms with Crippen LogP contribution in [0.1, 0.15) is 43.3 Å².